The summed E-state index contributed by atoms with van der Waals surface area (Å²) in [6, 6.07) is 8.70. The van der Waals surface area contributed by atoms with Crippen molar-refractivity contribution in [2.45, 2.75) is 13.8 Å². The van der Waals surface area contributed by atoms with Gasteiger partial charge in [-0.05, 0) is 30.2 Å². The van der Waals surface area contributed by atoms with Crippen LogP contribution in [0.3, 0.4) is 0 Å². The van der Waals surface area contributed by atoms with Gasteiger partial charge in [0.1, 0.15) is 0 Å². The van der Waals surface area contributed by atoms with E-state index in [1.54, 1.807) is 0 Å². The van der Waals surface area contributed by atoms with Gasteiger partial charge in [0.25, 0.3) is 0 Å². The Morgan fingerprint density at radius 3 is 2.41 bits per heavy atom. The van der Waals surface area contributed by atoms with Gasteiger partial charge in [-0.1, -0.05) is 13.8 Å². The molecule has 1 aliphatic rings. The first-order chi connectivity index (χ1) is 8.25. The zero-order valence-electron chi connectivity index (χ0n) is 10.8. The predicted molar refractivity (Wildman–Crippen MR) is 72.8 cm³/mol. The summed E-state index contributed by atoms with van der Waals surface area (Å²) < 4.78 is 5.36. The predicted octanol–water partition coefficient (Wildman–Crippen LogP) is 2.59. The van der Waals surface area contributed by atoms with Crippen LogP contribution in [-0.4, -0.2) is 32.8 Å². The molecule has 17 heavy (non-hydrogen) atoms. The molecule has 1 aliphatic heterocycles. The number of hydrogen-bond donors (Lipinski definition) is 1. The minimum Gasteiger partial charge on any atom is -0.385 e. The summed E-state index contributed by atoms with van der Waals surface area (Å²) in [6.07, 6.45) is 0. The van der Waals surface area contributed by atoms with Crippen LogP contribution in [0.1, 0.15) is 13.8 Å². The molecule has 0 amide bonds. The van der Waals surface area contributed by atoms with Gasteiger partial charge < -0.3 is 15.0 Å². The third kappa shape index (κ3) is 3.63. The van der Waals surface area contributed by atoms with Crippen molar-refractivity contribution in [2.24, 2.45) is 5.92 Å². The molecule has 3 heteroatoms. The van der Waals surface area contributed by atoms with Gasteiger partial charge in [-0.25, -0.2) is 0 Å². The average Bonchev–Trinajstić information content (AvgIpc) is 2.38. The maximum atomic E-state index is 5.36. The summed E-state index contributed by atoms with van der Waals surface area (Å²) in [5.41, 5.74) is 2.50. The first-order valence-electron chi connectivity index (χ1n) is 6.42. The van der Waals surface area contributed by atoms with E-state index < -0.39 is 0 Å². The zero-order valence-corrected chi connectivity index (χ0v) is 10.8. The Kier molecular flexibility index (Phi) is 4.26. The van der Waals surface area contributed by atoms with Gasteiger partial charge in [0.2, 0.25) is 0 Å². The highest BCUT2D eigenvalue weighted by molar-refractivity contribution is 5.55. The molecule has 3 nitrogen and oxygen atoms in total. The van der Waals surface area contributed by atoms with E-state index in [0.717, 1.165) is 32.8 Å². The molecule has 94 valence electrons. The van der Waals surface area contributed by atoms with Gasteiger partial charge in [0.15, 0.2) is 0 Å². The number of anilines is 2. The number of benzene rings is 1. The van der Waals surface area contributed by atoms with Crippen molar-refractivity contribution in [3.63, 3.8) is 0 Å². The normalized spacial score (nSPS) is 16.3. The molecule has 0 bridgehead atoms. The minimum atomic E-state index is 0.675. The molecule has 0 saturated carbocycles. The Balaban J connectivity index is 1.92. The lowest BCUT2D eigenvalue weighted by Gasteiger charge is -2.29. The smallest absolute Gasteiger partial charge is 0.0642 e. The third-order valence-corrected chi connectivity index (χ3v) is 2.96. The lowest BCUT2D eigenvalue weighted by molar-refractivity contribution is 0.122. The van der Waals surface area contributed by atoms with Crippen LogP contribution < -0.4 is 10.2 Å². The first-order valence-corrected chi connectivity index (χ1v) is 6.42. The molecule has 1 aromatic rings. The maximum absolute atomic E-state index is 5.36. The second-order valence-corrected chi connectivity index (χ2v) is 4.92. The van der Waals surface area contributed by atoms with E-state index in [2.05, 4.69) is 48.3 Å². The number of nitrogens with zero attached hydrogens (tertiary/aromatic N) is 1. The monoisotopic (exact) mass is 234 g/mol. The Bertz CT molecular complexity index is 329. The minimum absolute atomic E-state index is 0.675. The summed E-state index contributed by atoms with van der Waals surface area (Å²) in [7, 11) is 0. The van der Waals surface area contributed by atoms with Gasteiger partial charge in [0.05, 0.1) is 13.2 Å². The van der Waals surface area contributed by atoms with Gasteiger partial charge in [-0.2, -0.15) is 0 Å². The zero-order chi connectivity index (χ0) is 12.1. The van der Waals surface area contributed by atoms with Crippen molar-refractivity contribution in [1.82, 2.24) is 0 Å². The highest BCUT2D eigenvalue weighted by Crippen LogP contribution is 2.19. The van der Waals surface area contributed by atoms with Crippen LogP contribution in [0.15, 0.2) is 24.3 Å². The van der Waals surface area contributed by atoms with Gasteiger partial charge in [-0.3, -0.25) is 0 Å². The second-order valence-electron chi connectivity index (χ2n) is 4.92. The van der Waals surface area contributed by atoms with Crippen LogP contribution in [0.2, 0.25) is 0 Å². The average molecular weight is 234 g/mol. The molecule has 0 aliphatic carbocycles. The Hall–Kier alpha value is -1.22. The Morgan fingerprint density at radius 1 is 1.18 bits per heavy atom. The topological polar surface area (TPSA) is 24.5 Å². The standard InChI is InChI=1S/C14H22N2O/c1-12(2)11-15-13-3-5-14(6-4-13)16-7-9-17-10-8-16/h3-6,12,15H,7-11H2,1-2H3. The maximum Gasteiger partial charge on any atom is 0.0642 e. The number of rotatable bonds is 4. The molecule has 2 rings (SSSR count). The number of ether oxygens (including phenoxy) is 1. The van der Waals surface area contributed by atoms with Crippen molar-refractivity contribution in [2.75, 3.05) is 43.1 Å². The fourth-order valence-corrected chi connectivity index (χ4v) is 1.93. The Morgan fingerprint density at radius 2 is 1.82 bits per heavy atom. The Labute approximate surface area is 104 Å². The molecular formula is C14H22N2O. The molecule has 1 saturated heterocycles. The molecule has 0 radical (unpaired) electrons. The molecule has 0 atom stereocenters. The van der Waals surface area contributed by atoms with E-state index in [4.69, 9.17) is 4.74 Å². The van der Waals surface area contributed by atoms with Crippen LogP contribution in [0.4, 0.5) is 11.4 Å². The van der Waals surface area contributed by atoms with E-state index >= 15 is 0 Å². The molecule has 0 unspecified atom stereocenters. The third-order valence-electron chi connectivity index (χ3n) is 2.96. The molecule has 0 spiro atoms. The highest BCUT2D eigenvalue weighted by atomic mass is 16.5. The lowest BCUT2D eigenvalue weighted by atomic mass is 10.2. The van der Waals surface area contributed by atoms with Crippen LogP contribution in [-0.2, 0) is 4.74 Å². The summed E-state index contributed by atoms with van der Waals surface area (Å²) in [4.78, 5) is 2.37. The summed E-state index contributed by atoms with van der Waals surface area (Å²) in [5, 5.41) is 3.43. The van der Waals surface area contributed by atoms with Gasteiger partial charge in [0, 0.05) is 31.0 Å². The van der Waals surface area contributed by atoms with E-state index in [1.807, 2.05) is 0 Å². The largest absolute Gasteiger partial charge is 0.385 e. The highest BCUT2D eigenvalue weighted by Gasteiger charge is 2.10. The number of morpholine rings is 1. The van der Waals surface area contributed by atoms with Crippen LogP contribution in [0.25, 0.3) is 0 Å². The molecule has 1 N–H and O–H groups in total. The van der Waals surface area contributed by atoms with Crippen LogP contribution >= 0.6 is 0 Å². The summed E-state index contributed by atoms with van der Waals surface area (Å²) >= 11 is 0. The second kappa shape index (κ2) is 5.92. The van der Waals surface area contributed by atoms with Gasteiger partial charge >= 0.3 is 0 Å². The molecule has 1 aromatic carbocycles. The number of hydrogen-bond acceptors (Lipinski definition) is 3. The summed E-state index contributed by atoms with van der Waals surface area (Å²) in [5.74, 6) is 0.675. The van der Waals surface area contributed by atoms with Crippen molar-refractivity contribution in [1.29, 1.82) is 0 Å². The SMILES string of the molecule is CC(C)CNc1ccc(N2CCOCC2)cc1. The molecule has 1 heterocycles. The van der Waals surface area contributed by atoms with E-state index in [-0.39, 0.29) is 0 Å². The summed E-state index contributed by atoms with van der Waals surface area (Å²) in [6.45, 7) is 9.14. The molecular weight excluding hydrogens is 212 g/mol. The van der Waals surface area contributed by atoms with Crippen molar-refractivity contribution < 1.29 is 4.74 Å². The fraction of sp³-hybridized carbons (Fsp3) is 0.571. The number of nitrogens with one attached hydrogen (secondary N) is 1. The van der Waals surface area contributed by atoms with Gasteiger partial charge in [-0.15, -0.1) is 0 Å². The van der Waals surface area contributed by atoms with Crippen molar-refractivity contribution in [3.8, 4) is 0 Å². The quantitative estimate of drug-likeness (QED) is 0.866. The fourth-order valence-electron chi connectivity index (χ4n) is 1.93. The molecule has 0 aromatic heterocycles. The first kappa shape index (κ1) is 12.2. The van der Waals surface area contributed by atoms with Crippen LogP contribution in [0, 0.1) is 5.92 Å². The van der Waals surface area contributed by atoms with Crippen molar-refractivity contribution >= 4 is 11.4 Å². The van der Waals surface area contributed by atoms with Crippen molar-refractivity contribution in [3.05, 3.63) is 24.3 Å². The van der Waals surface area contributed by atoms with E-state index in [9.17, 15) is 0 Å². The molecule has 1 fully saturated rings. The van der Waals surface area contributed by atoms with Crippen LogP contribution in [0.5, 0.6) is 0 Å². The van der Waals surface area contributed by atoms with E-state index in [0.29, 0.717) is 5.92 Å². The van der Waals surface area contributed by atoms with E-state index in [1.165, 1.54) is 11.4 Å². The lowest BCUT2D eigenvalue weighted by Crippen LogP contribution is -2.36.